The third-order valence-electron chi connectivity index (χ3n) is 2.32. The smallest absolute Gasteiger partial charge is 0.123 e. The van der Waals surface area contributed by atoms with Crippen molar-refractivity contribution in [3.63, 3.8) is 0 Å². The van der Waals surface area contributed by atoms with Gasteiger partial charge in [-0.15, -0.1) is 0 Å². The monoisotopic (exact) mass is 272 g/mol. The summed E-state index contributed by atoms with van der Waals surface area (Å²) < 4.78 is 6.38. The average Bonchev–Trinajstić information content (AvgIpc) is 2.15. The van der Waals surface area contributed by atoms with E-state index < -0.39 is 0 Å². The normalized spacial score (nSPS) is 12.6. The van der Waals surface area contributed by atoms with E-state index >= 15 is 0 Å². The number of ether oxygens (including phenoxy) is 1. The molecule has 3 heteroatoms. The zero-order chi connectivity index (χ0) is 11.4. The van der Waals surface area contributed by atoms with E-state index in [4.69, 9.17) is 4.74 Å². The van der Waals surface area contributed by atoms with Gasteiger partial charge in [0.25, 0.3) is 0 Å². The topological polar surface area (TPSA) is 29.5 Å². The minimum atomic E-state index is -0.325. The maximum atomic E-state index is 9.33. The SMILES string of the molecule is CCc1c(Br)cc(CC(C)O)cc1OC. The van der Waals surface area contributed by atoms with Crippen LogP contribution in [0.25, 0.3) is 0 Å². The van der Waals surface area contributed by atoms with E-state index in [0.29, 0.717) is 6.42 Å². The molecule has 1 atom stereocenters. The van der Waals surface area contributed by atoms with Gasteiger partial charge in [-0.1, -0.05) is 22.9 Å². The molecule has 0 spiro atoms. The van der Waals surface area contributed by atoms with E-state index in [1.54, 1.807) is 14.0 Å². The molecule has 1 aromatic carbocycles. The number of hydrogen-bond donors (Lipinski definition) is 1. The van der Waals surface area contributed by atoms with Gasteiger partial charge in [0, 0.05) is 10.0 Å². The van der Waals surface area contributed by atoms with Crippen LogP contribution in [0.15, 0.2) is 16.6 Å². The highest BCUT2D eigenvalue weighted by molar-refractivity contribution is 9.10. The second-order valence-corrected chi connectivity index (χ2v) is 4.52. The summed E-state index contributed by atoms with van der Waals surface area (Å²) in [4.78, 5) is 0. The van der Waals surface area contributed by atoms with E-state index in [9.17, 15) is 5.11 Å². The Hall–Kier alpha value is -0.540. The lowest BCUT2D eigenvalue weighted by Gasteiger charge is -2.12. The van der Waals surface area contributed by atoms with Crippen molar-refractivity contribution in [2.75, 3.05) is 7.11 Å². The fraction of sp³-hybridized carbons (Fsp3) is 0.500. The fourth-order valence-electron chi connectivity index (χ4n) is 1.65. The lowest BCUT2D eigenvalue weighted by molar-refractivity contribution is 0.195. The zero-order valence-corrected chi connectivity index (χ0v) is 11.0. The van der Waals surface area contributed by atoms with Gasteiger partial charge in [-0.3, -0.25) is 0 Å². The highest BCUT2D eigenvalue weighted by Crippen LogP contribution is 2.29. The molecule has 0 radical (unpaired) electrons. The molecule has 1 aromatic rings. The Morgan fingerprint density at radius 2 is 2.13 bits per heavy atom. The van der Waals surface area contributed by atoms with Gasteiger partial charge < -0.3 is 9.84 Å². The molecule has 0 aliphatic heterocycles. The van der Waals surface area contributed by atoms with Crippen molar-refractivity contribution in [3.05, 3.63) is 27.7 Å². The second-order valence-electron chi connectivity index (χ2n) is 3.67. The van der Waals surface area contributed by atoms with E-state index in [2.05, 4.69) is 22.9 Å². The predicted molar refractivity (Wildman–Crippen MR) is 65.5 cm³/mol. The molecule has 0 saturated carbocycles. The van der Waals surface area contributed by atoms with E-state index in [1.807, 2.05) is 12.1 Å². The maximum absolute atomic E-state index is 9.33. The molecular weight excluding hydrogens is 256 g/mol. The van der Waals surface area contributed by atoms with Crippen LogP contribution in [0.2, 0.25) is 0 Å². The first-order valence-electron chi connectivity index (χ1n) is 5.11. The summed E-state index contributed by atoms with van der Waals surface area (Å²) in [5, 5.41) is 9.33. The molecule has 0 aliphatic rings. The summed E-state index contributed by atoms with van der Waals surface area (Å²) in [6.07, 6.45) is 1.26. The fourth-order valence-corrected chi connectivity index (χ4v) is 2.42. The Bertz CT molecular complexity index is 335. The van der Waals surface area contributed by atoms with Crippen LogP contribution in [-0.2, 0) is 12.8 Å². The number of methoxy groups -OCH3 is 1. The first-order valence-corrected chi connectivity index (χ1v) is 5.91. The third-order valence-corrected chi connectivity index (χ3v) is 3.03. The molecule has 15 heavy (non-hydrogen) atoms. The molecule has 84 valence electrons. The van der Waals surface area contributed by atoms with Gasteiger partial charge in [0.1, 0.15) is 5.75 Å². The molecule has 0 aromatic heterocycles. The summed E-state index contributed by atoms with van der Waals surface area (Å²) in [6, 6.07) is 4.05. The van der Waals surface area contributed by atoms with E-state index in [-0.39, 0.29) is 6.10 Å². The van der Waals surface area contributed by atoms with Crippen LogP contribution < -0.4 is 4.74 Å². The molecule has 0 amide bonds. The van der Waals surface area contributed by atoms with Crippen LogP contribution in [0, 0.1) is 0 Å². The number of halogens is 1. The number of benzene rings is 1. The van der Waals surface area contributed by atoms with Crippen LogP contribution in [0.1, 0.15) is 25.0 Å². The van der Waals surface area contributed by atoms with E-state index in [1.165, 1.54) is 5.56 Å². The number of rotatable bonds is 4. The third kappa shape index (κ3) is 3.21. The largest absolute Gasteiger partial charge is 0.496 e. The van der Waals surface area contributed by atoms with Crippen molar-refractivity contribution < 1.29 is 9.84 Å². The summed E-state index contributed by atoms with van der Waals surface area (Å²) in [6.45, 7) is 3.88. The standard InChI is InChI=1S/C12H17BrO2/c1-4-10-11(13)6-9(5-8(2)14)7-12(10)15-3/h6-8,14H,4-5H2,1-3H3. The van der Waals surface area contributed by atoms with Crippen LogP contribution >= 0.6 is 15.9 Å². The summed E-state index contributed by atoms with van der Waals surface area (Å²) in [7, 11) is 1.67. The van der Waals surface area contributed by atoms with Crippen LogP contribution in [0.5, 0.6) is 5.75 Å². The van der Waals surface area contributed by atoms with Gasteiger partial charge >= 0.3 is 0 Å². The minimum Gasteiger partial charge on any atom is -0.496 e. The highest BCUT2D eigenvalue weighted by atomic mass is 79.9. The van der Waals surface area contributed by atoms with Crippen LogP contribution in [0.3, 0.4) is 0 Å². The van der Waals surface area contributed by atoms with Crippen molar-refractivity contribution in [2.24, 2.45) is 0 Å². The van der Waals surface area contributed by atoms with Crippen molar-refractivity contribution >= 4 is 15.9 Å². The Labute approximate surface area is 99.4 Å². The molecule has 0 bridgehead atoms. The average molecular weight is 273 g/mol. The van der Waals surface area contributed by atoms with Gasteiger partial charge in [-0.05, 0) is 37.5 Å². The van der Waals surface area contributed by atoms with Crippen LogP contribution in [-0.4, -0.2) is 18.3 Å². The van der Waals surface area contributed by atoms with Gasteiger partial charge in [0.15, 0.2) is 0 Å². The minimum absolute atomic E-state index is 0.325. The first-order chi connectivity index (χ1) is 7.08. The molecule has 1 unspecified atom stereocenters. The second kappa shape index (κ2) is 5.52. The Kier molecular flexibility index (Phi) is 4.61. The van der Waals surface area contributed by atoms with Gasteiger partial charge in [-0.2, -0.15) is 0 Å². The van der Waals surface area contributed by atoms with Crippen molar-refractivity contribution in [2.45, 2.75) is 32.8 Å². The molecule has 0 heterocycles. The summed E-state index contributed by atoms with van der Waals surface area (Å²) in [5.41, 5.74) is 2.26. The molecule has 1 N–H and O–H groups in total. The maximum Gasteiger partial charge on any atom is 0.123 e. The lowest BCUT2D eigenvalue weighted by atomic mass is 10.0. The van der Waals surface area contributed by atoms with E-state index in [0.717, 1.165) is 22.2 Å². The Morgan fingerprint density at radius 1 is 1.47 bits per heavy atom. The highest BCUT2D eigenvalue weighted by Gasteiger charge is 2.09. The van der Waals surface area contributed by atoms with Gasteiger partial charge in [0.2, 0.25) is 0 Å². The van der Waals surface area contributed by atoms with Crippen molar-refractivity contribution in [1.29, 1.82) is 0 Å². The van der Waals surface area contributed by atoms with Gasteiger partial charge in [0.05, 0.1) is 13.2 Å². The number of hydrogen-bond acceptors (Lipinski definition) is 2. The van der Waals surface area contributed by atoms with Crippen molar-refractivity contribution in [1.82, 2.24) is 0 Å². The van der Waals surface area contributed by atoms with Gasteiger partial charge in [-0.25, -0.2) is 0 Å². The molecular formula is C12H17BrO2. The molecule has 0 aliphatic carbocycles. The molecule has 0 saturated heterocycles. The Balaban J connectivity index is 3.08. The molecule has 2 nitrogen and oxygen atoms in total. The van der Waals surface area contributed by atoms with Crippen molar-refractivity contribution in [3.8, 4) is 5.75 Å². The zero-order valence-electron chi connectivity index (χ0n) is 9.38. The molecule has 1 rings (SSSR count). The number of aliphatic hydroxyl groups excluding tert-OH is 1. The number of aliphatic hydroxyl groups is 1. The first kappa shape index (κ1) is 12.5. The lowest BCUT2D eigenvalue weighted by Crippen LogP contribution is -2.05. The molecule has 0 fully saturated rings. The van der Waals surface area contributed by atoms with Crippen LogP contribution in [0.4, 0.5) is 0 Å². The Morgan fingerprint density at radius 3 is 2.60 bits per heavy atom. The quantitative estimate of drug-likeness (QED) is 0.914. The summed E-state index contributed by atoms with van der Waals surface area (Å²) in [5.74, 6) is 0.891. The summed E-state index contributed by atoms with van der Waals surface area (Å²) >= 11 is 3.53. The predicted octanol–water partition coefficient (Wildman–Crippen LogP) is 2.94.